The van der Waals surface area contributed by atoms with Crippen molar-refractivity contribution < 1.29 is 27.2 Å². The van der Waals surface area contributed by atoms with Crippen molar-refractivity contribution in [2.24, 2.45) is 0 Å². The lowest BCUT2D eigenvalue weighted by atomic mass is 10.0. The summed E-state index contributed by atoms with van der Waals surface area (Å²) in [6.07, 6.45) is -4.42. The summed E-state index contributed by atoms with van der Waals surface area (Å²) in [5.41, 5.74) is -0.176. The van der Waals surface area contributed by atoms with Gasteiger partial charge < -0.3 is 9.26 Å². The third-order valence-corrected chi connectivity index (χ3v) is 3.36. The number of hydrogen-bond acceptors (Lipinski definition) is 4. The van der Waals surface area contributed by atoms with Crippen LogP contribution in [0.3, 0.4) is 0 Å². The molecular formula is C14H11BrF3NO3. The molecule has 0 saturated heterocycles. The number of carbonyl (C=O) groups is 1. The van der Waals surface area contributed by atoms with E-state index in [1.54, 1.807) is 6.92 Å². The highest BCUT2D eigenvalue weighted by atomic mass is 79.9. The van der Waals surface area contributed by atoms with E-state index in [1.807, 2.05) is 0 Å². The maximum Gasteiger partial charge on any atom is 0.416 e. The molecule has 8 heteroatoms. The van der Waals surface area contributed by atoms with Gasteiger partial charge in [-0.3, -0.25) is 0 Å². The van der Waals surface area contributed by atoms with Gasteiger partial charge in [0.1, 0.15) is 11.3 Å². The van der Waals surface area contributed by atoms with Crippen LogP contribution in [0.1, 0.15) is 28.6 Å². The van der Waals surface area contributed by atoms with Crippen LogP contribution in [0.25, 0.3) is 11.3 Å². The summed E-state index contributed by atoms with van der Waals surface area (Å²) in [5, 5.41) is 4.00. The van der Waals surface area contributed by atoms with Crippen LogP contribution in [0.5, 0.6) is 0 Å². The number of aromatic nitrogens is 1. The van der Waals surface area contributed by atoms with Gasteiger partial charge >= 0.3 is 12.1 Å². The highest BCUT2D eigenvalue weighted by Gasteiger charge is 2.31. The van der Waals surface area contributed by atoms with Crippen molar-refractivity contribution >= 4 is 21.9 Å². The average molecular weight is 378 g/mol. The minimum atomic E-state index is -4.42. The molecule has 2 rings (SSSR count). The van der Waals surface area contributed by atoms with Gasteiger partial charge in [-0.15, -0.1) is 0 Å². The molecule has 0 aliphatic heterocycles. The summed E-state index contributed by atoms with van der Waals surface area (Å²) in [4.78, 5) is 12.0. The molecule has 22 heavy (non-hydrogen) atoms. The van der Waals surface area contributed by atoms with Crippen LogP contribution >= 0.6 is 15.9 Å². The lowest BCUT2D eigenvalue weighted by molar-refractivity contribution is -0.137. The molecule has 0 aliphatic rings. The number of nitrogens with zero attached hydrogens (tertiary/aromatic N) is 1. The van der Waals surface area contributed by atoms with Gasteiger partial charge in [0.15, 0.2) is 5.76 Å². The van der Waals surface area contributed by atoms with Gasteiger partial charge in [-0.2, -0.15) is 13.2 Å². The monoisotopic (exact) mass is 377 g/mol. The molecule has 1 aromatic carbocycles. The molecule has 0 spiro atoms. The van der Waals surface area contributed by atoms with Gasteiger partial charge in [0.25, 0.3) is 0 Å². The fourth-order valence-corrected chi connectivity index (χ4v) is 2.23. The molecule has 1 aromatic heterocycles. The van der Waals surface area contributed by atoms with Gasteiger partial charge in [0, 0.05) is 5.56 Å². The Morgan fingerprint density at radius 2 is 1.95 bits per heavy atom. The summed E-state index contributed by atoms with van der Waals surface area (Å²) in [7, 11) is 0. The zero-order valence-corrected chi connectivity index (χ0v) is 13.0. The number of esters is 1. The second-order valence-corrected chi connectivity index (χ2v) is 4.82. The van der Waals surface area contributed by atoms with Gasteiger partial charge in [-0.05, 0) is 19.1 Å². The van der Waals surface area contributed by atoms with Crippen LogP contribution < -0.4 is 0 Å². The van der Waals surface area contributed by atoms with E-state index in [-0.39, 0.29) is 29.0 Å². The molecule has 0 bridgehead atoms. The molecule has 2 aromatic rings. The van der Waals surface area contributed by atoms with E-state index in [4.69, 9.17) is 9.26 Å². The molecule has 0 unspecified atom stereocenters. The Morgan fingerprint density at radius 3 is 2.45 bits per heavy atom. The Hall–Kier alpha value is -1.83. The third-order valence-electron chi connectivity index (χ3n) is 2.85. The molecule has 0 N–H and O–H groups in total. The maximum atomic E-state index is 12.6. The van der Waals surface area contributed by atoms with E-state index < -0.39 is 17.7 Å². The van der Waals surface area contributed by atoms with E-state index in [1.165, 1.54) is 12.1 Å². The summed E-state index contributed by atoms with van der Waals surface area (Å²) in [6.45, 7) is 1.81. The summed E-state index contributed by atoms with van der Waals surface area (Å²) < 4.78 is 47.7. The van der Waals surface area contributed by atoms with Gasteiger partial charge in [-0.25, -0.2) is 4.79 Å². The first-order chi connectivity index (χ1) is 10.4. The van der Waals surface area contributed by atoms with Crippen LogP contribution in [-0.2, 0) is 16.2 Å². The normalized spacial score (nSPS) is 11.5. The SMILES string of the molecule is CCOC(=O)c1c(-c2ccc(C(F)(F)F)cc2)noc1CBr. The first-order valence-electron chi connectivity index (χ1n) is 6.27. The van der Waals surface area contributed by atoms with Crippen molar-refractivity contribution in [3.05, 3.63) is 41.2 Å². The van der Waals surface area contributed by atoms with E-state index in [0.29, 0.717) is 5.56 Å². The molecule has 0 fully saturated rings. The van der Waals surface area contributed by atoms with Crippen molar-refractivity contribution in [1.82, 2.24) is 5.16 Å². The summed E-state index contributed by atoms with van der Waals surface area (Å²) in [5.74, 6) is -0.374. The number of hydrogen-bond donors (Lipinski definition) is 0. The van der Waals surface area contributed by atoms with Gasteiger partial charge in [0.05, 0.1) is 17.5 Å². The van der Waals surface area contributed by atoms with E-state index in [0.717, 1.165) is 12.1 Å². The summed E-state index contributed by atoms with van der Waals surface area (Å²) in [6, 6.07) is 4.32. The average Bonchev–Trinajstić information content (AvgIpc) is 2.90. The van der Waals surface area contributed by atoms with Gasteiger partial charge in [0.2, 0.25) is 0 Å². The predicted octanol–water partition coefficient (Wildman–Crippen LogP) is 4.43. The minimum Gasteiger partial charge on any atom is -0.462 e. The zero-order chi connectivity index (χ0) is 16.3. The molecule has 0 atom stereocenters. The lowest BCUT2D eigenvalue weighted by Gasteiger charge is -2.07. The highest BCUT2D eigenvalue weighted by molar-refractivity contribution is 9.08. The Morgan fingerprint density at radius 1 is 1.32 bits per heavy atom. The number of halogens is 4. The smallest absolute Gasteiger partial charge is 0.416 e. The zero-order valence-electron chi connectivity index (χ0n) is 11.4. The highest BCUT2D eigenvalue weighted by Crippen LogP contribution is 2.32. The Labute approximate surface area is 132 Å². The van der Waals surface area contributed by atoms with E-state index >= 15 is 0 Å². The van der Waals surface area contributed by atoms with Crippen molar-refractivity contribution in [3.8, 4) is 11.3 Å². The van der Waals surface area contributed by atoms with Crippen LogP contribution in [0, 0.1) is 0 Å². The topological polar surface area (TPSA) is 52.3 Å². The Balaban J connectivity index is 2.44. The molecule has 0 saturated carbocycles. The quantitative estimate of drug-likeness (QED) is 0.584. The number of ether oxygens (including phenoxy) is 1. The van der Waals surface area contributed by atoms with E-state index in [2.05, 4.69) is 21.1 Å². The predicted molar refractivity (Wildman–Crippen MR) is 75.5 cm³/mol. The number of benzene rings is 1. The Kier molecular flexibility index (Phi) is 4.90. The first-order valence-corrected chi connectivity index (χ1v) is 7.39. The molecule has 0 aliphatic carbocycles. The fraction of sp³-hybridized carbons (Fsp3) is 0.286. The second kappa shape index (κ2) is 6.51. The largest absolute Gasteiger partial charge is 0.462 e. The van der Waals surface area contributed by atoms with Crippen LogP contribution in [0.4, 0.5) is 13.2 Å². The maximum absolute atomic E-state index is 12.6. The summed E-state index contributed by atoms with van der Waals surface area (Å²) >= 11 is 3.16. The molecule has 0 amide bonds. The minimum absolute atomic E-state index is 0.110. The van der Waals surface area contributed by atoms with Crippen molar-refractivity contribution in [1.29, 1.82) is 0 Å². The Bertz CT molecular complexity index is 665. The van der Waals surface area contributed by atoms with Crippen LogP contribution in [-0.4, -0.2) is 17.7 Å². The standard InChI is InChI=1S/C14H11BrF3NO3/c1-2-21-13(20)11-10(7-15)22-19-12(11)8-3-5-9(6-4-8)14(16,17)18/h3-6H,2,7H2,1H3. The first kappa shape index (κ1) is 16.5. The molecule has 1 heterocycles. The van der Waals surface area contributed by atoms with Crippen LogP contribution in [0.2, 0.25) is 0 Å². The third kappa shape index (κ3) is 3.32. The molecule has 4 nitrogen and oxygen atoms in total. The van der Waals surface area contributed by atoms with E-state index in [9.17, 15) is 18.0 Å². The van der Waals surface area contributed by atoms with Crippen molar-refractivity contribution in [2.45, 2.75) is 18.4 Å². The van der Waals surface area contributed by atoms with Crippen molar-refractivity contribution in [3.63, 3.8) is 0 Å². The lowest BCUT2D eigenvalue weighted by Crippen LogP contribution is -2.07. The van der Waals surface area contributed by atoms with Crippen LogP contribution in [0.15, 0.2) is 28.8 Å². The fourth-order valence-electron chi connectivity index (χ4n) is 1.84. The molecular weight excluding hydrogens is 367 g/mol. The number of carbonyl (C=O) groups excluding carboxylic acids is 1. The van der Waals surface area contributed by atoms with Crippen molar-refractivity contribution in [2.75, 3.05) is 6.61 Å². The number of alkyl halides is 4. The molecule has 118 valence electrons. The number of rotatable bonds is 4. The van der Waals surface area contributed by atoms with Gasteiger partial charge in [-0.1, -0.05) is 33.2 Å². The molecule has 0 radical (unpaired) electrons. The second-order valence-electron chi connectivity index (χ2n) is 4.26.